The summed E-state index contributed by atoms with van der Waals surface area (Å²) in [7, 11) is 0. The topological polar surface area (TPSA) is 67.4 Å². The molecule has 1 aliphatic heterocycles. The number of nitrogens with one attached hydrogen (secondary N) is 2. The van der Waals surface area contributed by atoms with E-state index in [-0.39, 0.29) is 6.03 Å². The lowest BCUT2D eigenvalue weighted by molar-refractivity contribution is -0.138. The van der Waals surface area contributed by atoms with E-state index in [0.717, 1.165) is 21.5 Å². The maximum Gasteiger partial charge on any atom is 0.338 e. The first kappa shape index (κ1) is 17.9. The van der Waals surface area contributed by atoms with E-state index in [4.69, 9.17) is 4.74 Å². The first-order valence-corrected chi connectivity index (χ1v) is 9.26. The number of benzene rings is 1. The number of hydrogen-bond donors (Lipinski definition) is 2. The number of amides is 2. The quantitative estimate of drug-likeness (QED) is 0.569. The van der Waals surface area contributed by atoms with Gasteiger partial charge in [-0.1, -0.05) is 35.0 Å². The van der Waals surface area contributed by atoms with Gasteiger partial charge in [-0.25, -0.2) is 9.59 Å². The van der Waals surface area contributed by atoms with E-state index in [2.05, 4.69) is 33.5 Å². The molecule has 0 radical (unpaired) electrons. The molecule has 2 N–H and O–H groups in total. The van der Waals surface area contributed by atoms with Gasteiger partial charge in [0.15, 0.2) is 0 Å². The number of halogens is 1. The Bertz CT molecular complexity index is 634. The van der Waals surface area contributed by atoms with Crippen molar-refractivity contribution >= 4 is 39.7 Å². The monoisotopic (exact) mass is 398 g/mol. The summed E-state index contributed by atoms with van der Waals surface area (Å²) in [4.78, 5) is 24.2. The molecule has 7 heteroatoms. The van der Waals surface area contributed by atoms with E-state index in [1.807, 2.05) is 24.3 Å². The fraction of sp³-hybridized carbons (Fsp3) is 0.375. The second kappa shape index (κ2) is 8.40. The third-order valence-electron chi connectivity index (χ3n) is 3.34. The Morgan fingerprint density at radius 1 is 1.43 bits per heavy atom. The van der Waals surface area contributed by atoms with Crippen molar-refractivity contribution in [2.75, 3.05) is 18.1 Å². The molecule has 0 fully saturated rings. The Kier molecular flexibility index (Phi) is 6.53. The zero-order valence-corrected chi connectivity index (χ0v) is 15.4. The largest absolute Gasteiger partial charge is 0.461 e. The molecule has 5 nitrogen and oxygen atoms in total. The highest BCUT2D eigenvalue weighted by Crippen LogP contribution is 2.29. The van der Waals surface area contributed by atoms with Gasteiger partial charge in [0.05, 0.1) is 11.6 Å². The summed E-state index contributed by atoms with van der Waals surface area (Å²) in [5.74, 6) is 1.34. The van der Waals surface area contributed by atoms with Crippen LogP contribution in [-0.2, 0) is 9.53 Å². The number of esters is 1. The SMILES string of the molecule is CCSCCOC(=O)C1=C(C)NC(=O)NC1c1cccc(Br)c1. The highest BCUT2D eigenvalue weighted by atomic mass is 79.9. The van der Waals surface area contributed by atoms with Gasteiger partial charge in [0.1, 0.15) is 6.61 Å². The van der Waals surface area contributed by atoms with Crippen molar-refractivity contribution in [3.63, 3.8) is 0 Å². The number of allylic oxidation sites excluding steroid dienone is 1. The molecule has 0 spiro atoms. The van der Waals surface area contributed by atoms with Crippen LogP contribution in [0, 0.1) is 0 Å². The number of ether oxygens (including phenoxy) is 1. The molecule has 1 unspecified atom stereocenters. The summed E-state index contributed by atoms with van der Waals surface area (Å²) in [5.41, 5.74) is 1.78. The van der Waals surface area contributed by atoms with Crippen LogP contribution in [0.1, 0.15) is 25.5 Å². The van der Waals surface area contributed by atoms with Crippen LogP contribution in [0.4, 0.5) is 4.79 Å². The minimum atomic E-state index is -0.521. The Labute approximate surface area is 148 Å². The van der Waals surface area contributed by atoms with Crippen molar-refractivity contribution in [1.82, 2.24) is 10.6 Å². The smallest absolute Gasteiger partial charge is 0.338 e. The molecule has 2 rings (SSSR count). The maximum absolute atomic E-state index is 12.5. The van der Waals surface area contributed by atoms with Crippen LogP contribution in [0.3, 0.4) is 0 Å². The molecule has 1 atom stereocenters. The normalized spacial score (nSPS) is 17.5. The first-order valence-electron chi connectivity index (χ1n) is 7.31. The van der Waals surface area contributed by atoms with Crippen LogP contribution in [0.25, 0.3) is 0 Å². The van der Waals surface area contributed by atoms with Crippen LogP contribution in [0.15, 0.2) is 40.0 Å². The number of rotatable bonds is 6. The van der Waals surface area contributed by atoms with Gasteiger partial charge >= 0.3 is 12.0 Å². The van der Waals surface area contributed by atoms with E-state index < -0.39 is 12.0 Å². The third-order valence-corrected chi connectivity index (χ3v) is 4.69. The van der Waals surface area contributed by atoms with Gasteiger partial charge in [-0.2, -0.15) is 11.8 Å². The fourth-order valence-corrected chi connectivity index (χ4v) is 3.22. The zero-order chi connectivity index (χ0) is 16.8. The summed E-state index contributed by atoms with van der Waals surface area (Å²) in [5, 5.41) is 5.43. The minimum absolute atomic E-state index is 0.328. The lowest BCUT2D eigenvalue weighted by Gasteiger charge is -2.28. The first-order chi connectivity index (χ1) is 11.0. The second-order valence-electron chi connectivity index (χ2n) is 4.96. The molecule has 1 heterocycles. The van der Waals surface area contributed by atoms with Gasteiger partial charge in [-0.15, -0.1) is 0 Å². The molecular formula is C16H19BrN2O3S. The van der Waals surface area contributed by atoms with Gasteiger partial charge in [0, 0.05) is 15.9 Å². The predicted octanol–water partition coefficient (Wildman–Crippen LogP) is 3.37. The number of thioether (sulfide) groups is 1. The van der Waals surface area contributed by atoms with Gasteiger partial charge in [-0.3, -0.25) is 0 Å². The van der Waals surface area contributed by atoms with Crippen molar-refractivity contribution in [1.29, 1.82) is 0 Å². The molecule has 23 heavy (non-hydrogen) atoms. The third kappa shape index (κ3) is 4.75. The van der Waals surface area contributed by atoms with Crippen molar-refractivity contribution in [2.45, 2.75) is 19.9 Å². The lowest BCUT2D eigenvalue weighted by atomic mass is 9.96. The Balaban J connectivity index is 2.22. The molecule has 0 saturated carbocycles. The summed E-state index contributed by atoms with van der Waals surface area (Å²) in [6.45, 7) is 4.12. The van der Waals surface area contributed by atoms with Crippen molar-refractivity contribution in [3.05, 3.63) is 45.6 Å². The summed E-state index contributed by atoms with van der Waals surface area (Å²) in [6, 6.07) is 6.66. The van der Waals surface area contributed by atoms with Crippen molar-refractivity contribution in [3.8, 4) is 0 Å². The highest BCUT2D eigenvalue weighted by molar-refractivity contribution is 9.10. The Hall–Kier alpha value is -1.47. The number of carbonyl (C=O) groups excluding carboxylic acids is 2. The van der Waals surface area contributed by atoms with E-state index in [1.54, 1.807) is 18.7 Å². The maximum atomic E-state index is 12.5. The van der Waals surface area contributed by atoms with Crippen LogP contribution >= 0.6 is 27.7 Å². The average molecular weight is 399 g/mol. The molecule has 1 aromatic rings. The molecule has 2 amide bonds. The summed E-state index contributed by atoms with van der Waals surface area (Å²) >= 11 is 5.12. The minimum Gasteiger partial charge on any atom is -0.461 e. The van der Waals surface area contributed by atoms with E-state index in [0.29, 0.717) is 17.9 Å². The van der Waals surface area contributed by atoms with E-state index in [1.165, 1.54) is 0 Å². The zero-order valence-electron chi connectivity index (χ0n) is 13.0. The number of carbonyl (C=O) groups is 2. The molecule has 0 aliphatic carbocycles. The Morgan fingerprint density at radius 2 is 2.22 bits per heavy atom. The summed E-state index contributed by atoms with van der Waals surface area (Å²) in [6.07, 6.45) is 0. The van der Waals surface area contributed by atoms with Crippen molar-refractivity contribution in [2.24, 2.45) is 0 Å². The standard InChI is InChI=1S/C16H19BrN2O3S/c1-3-23-8-7-22-15(20)13-10(2)18-16(21)19-14(13)11-5-4-6-12(17)9-11/h4-6,9,14H,3,7-8H2,1-2H3,(H2,18,19,21). The van der Waals surface area contributed by atoms with Gasteiger partial charge in [0.2, 0.25) is 0 Å². The van der Waals surface area contributed by atoms with Crippen LogP contribution < -0.4 is 10.6 Å². The van der Waals surface area contributed by atoms with Crippen molar-refractivity contribution < 1.29 is 14.3 Å². The molecular weight excluding hydrogens is 380 g/mol. The lowest BCUT2D eigenvalue weighted by Crippen LogP contribution is -2.45. The molecule has 0 aromatic heterocycles. The molecule has 124 valence electrons. The average Bonchev–Trinajstić information content (AvgIpc) is 2.50. The van der Waals surface area contributed by atoms with Gasteiger partial charge in [-0.05, 0) is 30.4 Å². The van der Waals surface area contributed by atoms with Gasteiger partial charge < -0.3 is 15.4 Å². The number of hydrogen-bond acceptors (Lipinski definition) is 4. The fourth-order valence-electron chi connectivity index (χ4n) is 2.32. The van der Waals surface area contributed by atoms with Gasteiger partial charge in [0.25, 0.3) is 0 Å². The Morgan fingerprint density at radius 3 is 2.91 bits per heavy atom. The molecule has 1 aliphatic rings. The predicted molar refractivity (Wildman–Crippen MR) is 95.2 cm³/mol. The van der Waals surface area contributed by atoms with Crippen LogP contribution in [0.2, 0.25) is 0 Å². The van der Waals surface area contributed by atoms with E-state index in [9.17, 15) is 9.59 Å². The molecule has 1 aromatic carbocycles. The molecule has 0 bridgehead atoms. The highest BCUT2D eigenvalue weighted by Gasteiger charge is 2.32. The molecule has 0 saturated heterocycles. The van der Waals surface area contributed by atoms with E-state index >= 15 is 0 Å². The second-order valence-corrected chi connectivity index (χ2v) is 7.27. The summed E-state index contributed by atoms with van der Waals surface area (Å²) < 4.78 is 6.23. The van der Waals surface area contributed by atoms with Crippen LogP contribution in [0.5, 0.6) is 0 Å². The number of urea groups is 1. The van der Waals surface area contributed by atoms with Crippen LogP contribution in [-0.4, -0.2) is 30.1 Å².